The summed E-state index contributed by atoms with van der Waals surface area (Å²) in [5.74, 6) is 1.03. The lowest BCUT2D eigenvalue weighted by molar-refractivity contribution is 0.335. The van der Waals surface area contributed by atoms with Gasteiger partial charge in [0, 0.05) is 6.07 Å². The first-order chi connectivity index (χ1) is 7.17. The van der Waals surface area contributed by atoms with Crippen LogP contribution in [0, 0.1) is 11.3 Å². The molecule has 0 atom stereocenters. The maximum absolute atomic E-state index is 8.83. The smallest absolute Gasteiger partial charge is 0.179 e. The van der Waals surface area contributed by atoms with Crippen molar-refractivity contribution in [2.75, 3.05) is 7.11 Å². The van der Waals surface area contributed by atoms with Crippen LogP contribution in [0.15, 0.2) is 23.4 Å². The molecule has 1 aromatic carbocycles. The Kier molecular flexibility index (Phi) is 3.69. The van der Waals surface area contributed by atoms with Gasteiger partial charge in [-0.1, -0.05) is 5.16 Å². The summed E-state index contributed by atoms with van der Waals surface area (Å²) in [6.07, 6.45) is 0. The van der Waals surface area contributed by atoms with Gasteiger partial charge in [-0.25, -0.2) is 0 Å². The van der Waals surface area contributed by atoms with Gasteiger partial charge in [-0.15, -0.1) is 0 Å². The quantitative estimate of drug-likeness (QED) is 0.561. The molecule has 0 N–H and O–H groups in total. The molecule has 0 bridgehead atoms. The van der Waals surface area contributed by atoms with Crippen molar-refractivity contribution in [3.05, 3.63) is 23.8 Å². The van der Waals surface area contributed by atoms with Gasteiger partial charge in [-0.2, -0.15) is 5.26 Å². The molecular weight excluding hydrogens is 192 g/mol. The third kappa shape index (κ3) is 2.99. The van der Waals surface area contributed by atoms with E-state index in [-0.39, 0.29) is 0 Å². The van der Waals surface area contributed by atoms with E-state index in [2.05, 4.69) is 5.16 Å². The lowest BCUT2D eigenvalue weighted by atomic mass is 10.2. The summed E-state index contributed by atoms with van der Waals surface area (Å²) in [7, 11) is 1.56. The molecule has 15 heavy (non-hydrogen) atoms. The molecule has 78 valence electrons. The fourth-order valence-corrected chi connectivity index (χ4v) is 0.938. The second-order valence-corrected chi connectivity index (χ2v) is 3.10. The topological polar surface area (TPSA) is 54.6 Å². The fourth-order valence-electron chi connectivity index (χ4n) is 0.938. The van der Waals surface area contributed by atoms with Gasteiger partial charge >= 0.3 is 0 Å². The van der Waals surface area contributed by atoms with E-state index >= 15 is 0 Å². The van der Waals surface area contributed by atoms with E-state index in [1.807, 2.05) is 19.9 Å². The van der Waals surface area contributed by atoms with Crippen LogP contribution < -0.4 is 9.57 Å². The average Bonchev–Trinajstić information content (AvgIpc) is 2.25. The molecule has 0 aliphatic heterocycles. The molecule has 1 aromatic rings. The number of benzene rings is 1. The Balaban J connectivity index is 3.02. The molecule has 0 amide bonds. The molecule has 0 saturated heterocycles. The van der Waals surface area contributed by atoms with Crippen molar-refractivity contribution in [3.8, 4) is 17.6 Å². The molecule has 0 saturated carbocycles. The Bertz CT molecular complexity index is 415. The van der Waals surface area contributed by atoms with Crippen molar-refractivity contribution in [2.45, 2.75) is 13.8 Å². The zero-order valence-corrected chi connectivity index (χ0v) is 8.94. The second kappa shape index (κ2) is 5.01. The highest BCUT2D eigenvalue weighted by Gasteiger charge is 2.05. The van der Waals surface area contributed by atoms with Gasteiger partial charge in [0.2, 0.25) is 0 Å². The van der Waals surface area contributed by atoms with Crippen LogP contribution in [-0.4, -0.2) is 12.8 Å². The van der Waals surface area contributed by atoms with E-state index < -0.39 is 0 Å². The van der Waals surface area contributed by atoms with Crippen LogP contribution in [0.25, 0.3) is 0 Å². The number of nitriles is 1. The third-order valence-corrected chi connectivity index (χ3v) is 1.64. The van der Waals surface area contributed by atoms with E-state index in [1.54, 1.807) is 25.3 Å². The molecule has 1 rings (SSSR count). The number of oxime groups is 1. The second-order valence-electron chi connectivity index (χ2n) is 3.10. The number of hydrogen-bond donors (Lipinski definition) is 0. The van der Waals surface area contributed by atoms with Gasteiger partial charge in [0.25, 0.3) is 0 Å². The molecular formula is C11H12N2O2. The van der Waals surface area contributed by atoms with Crippen molar-refractivity contribution in [1.82, 2.24) is 0 Å². The normalized spacial score (nSPS) is 8.93. The molecule has 0 aliphatic rings. The summed E-state index contributed by atoms with van der Waals surface area (Å²) in [6.45, 7) is 3.62. The molecule has 0 spiro atoms. The van der Waals surface area contributed by atoms with Crippen molar-refractivity contribution < 1.29 is 9.57 Å². The van der Waals surface area contributed by atoms with Crippen LogP contribution >= 0.6 is 0 Å². The van der Waals surface area contributed by atoms with Gasteiger partial charge in [-0.05, 0) is 26.0 Å². The summed E-state index contributed by atoms with van der Waals surface area (Å²) >= 11 is 0. The van der Waals surface area contributed by atoms with Gasteiger partial charge in [-0.3, -0.25) is 0 Å². The first kappa shape index (κ1) is 11.1. The fraction of sp³-hybridized carbons (Fsp3) is 0.273. The average molecular weight is 204 g/mol. The van der Waals surface area contributed by atoms with Gasteiger partial charge in [0.1, 0.15) is 11.8 Å². The lowest BCUT2D eigenvalue weighted by Gasteiger charge is -2.04. The lowest BCUT2D eigenvalue weighted by Crippen LogP contribution is -1.93. The minimum Gasteiger partial charge on any atom is -0.497 e. The van der Waals surface area contributed by atoms with Crippen LogP contribution in [0.5, 0.6) is 11.5 Å². The van der Waals surface area contributed by atoms with Crippen molar-refractivity contribution >= 4 is 5.71 Å². The minimum atomic E-state index is 0.401. The summed E-state index contributed by atoms with van der Waals surface area (Å²) in [4.78, 5) is 5.12. The molecule has 0 aromatic heterocycles. The van der Waals surface area contributed by atoms with E-state index in [9.17, 15) is 0 Å². The summed E-state index contributed by atoms with van der Waals surface area (Å²) < 4.78 is 5.02. The monoisotopic (exact) mass is 204 g/mol. The third-order valence-electron chi connectivity index (χ3n) is 1.64. The van der Waals surface area contributed by atoms with Gasteiger partial charge in [0.15, 0.2) is 5.75 Å². The van der Waals surface area contributed by atoms with E-state index in [4.69, 9.17) is 14.8 Å². The predicted molar refractivity (Wildman–Crippen MR) is 57.1 cm³/mol. The van der Waals surface area contributed by atoms with E-state index in [0.717, 1.165) is 5.71 Å². The van der Waals surface area contributed by atoms with Crippen molar-refractivity contribution in [3.63, 3.8) is 0 Å². The van der Waals surface area contributed by atoms with Crippen LogP contribution in [0.2, 0.25) is 0 Å². The standard InChI is InChI=1S/C11H12N2O2/c1-8(2)13-15-11-6-10(14-3)5-4-9(11)7-12/h4-6H,1-3H3. The highest BCUT2D eigenvalue weighted by molar-refractivity contribution is 5.78. The van der Waals surface area contributed by atoms with Gasteiger partial charge in [0.05, 0.1) is 18.4 Å². The first-order valence-corrected chi connectivity index (χ1v) is 4.43. The Morgan fingerprint density at radius 2 is 2.13 bits per heavy atom. The van der Waals surface area contributed by atoms with Crippen molar-refractivity contribution in [1.29, 1.82) is 5.26 Å². The molecule has 4 heteroatoms. The molecule has 0 heterocycles. The number of methoxy groups -OCH3 is 1. The zero-order valence-electron chi connectivity index (χ0n) is 8.94. The molecule has 0 aliphatic carbocycles. The molecule has 0 fully saturated rings. The summed E-state index contributed by atoms with van der Waals surface area (Å²) in [5.41, 5.74) is 1.21. The predicted octanol–water partition coefficient (Wildman–Crippen LogP) is 2.34. The van der Waals surface area contributed by atoms with Crippen LogP contribution in [0.4, 0.5) is 0 Å². The highest BCUT2D eigenvalue weighted by Crippen LogP contribution is 2.24. The summed E-state index contributed by atoms with van der Waals surface area (Å²) in [5, 5.41) is 12.6. The maximum Gasteiger partial charge on any atom is 0.179 e. The minimum absolute atomic E-state index is 0.401. The SMILES string of the molecule is COc1ccc(C#N)c(ON=C(C)C)c1. The zero-order chi connectivity index (χ0) is 11.3. The van der Waals surface area contributed by atoms with Gasteiger partial charge < -0.3 is 9.57 Å². The van der Waals surface area contributed by atoms with Crippen LogP contribution in [0.3, 0.4) is 0 Å². The highest BCUT2D eigenvalue weighted by atomic mass is 16.6. The Labute approximate surface area is 88.7 Å². The van der Waals surface area contributed by atoms with Crippen LogP contribution in [0.1, 0.15) is 19.4 Å². The number of ether oxygens (including phenoxy) is 1. The van der Waals surface area contributed by atoms with Crippen LogP contribution in [-0.2, 0) is 0 Å². The summed E-state index contributed by atoms with van der Waals surface area (Å²) in [6, 6.07) is 6.99. The number of hydrogen-bond acceptors (Lipinski definition) is 4. The Morgan fingerprint density at radius 1 is 1.40 bits per heavy atom. The Hall–Kier alpha value is -2.02. The molecule has 0 radical (unpaired) electrons. The number of nitrogens with zero attached hydrogens (tertiary/aromatic N) is 2. The largest absolute Gasteiger partial charge is 0.497 e. The van der Waals surface area contributed by atoms with Crippen molar-refractivity contribution in [2.24, 2.45) is 5.16 Å². The van der Waals surface area contributed by atoms with E-state index in [1.165, 1.54) is 0 Å². The maximum atomic E-state index is 8.83. The molecule has 0 unspecified atom stereocenters. The number of rotatable bonds is 3. The first-order valence-electron chi connectivity index (χ1n) is 4.43. The Morgan fingerprint density at radius 3 is 2.67 bits per heavy atom. The van der Waals surface area contributed by atoms with E-state index in [0.29, 0.717) is 17.1 Å². The molecule has 4 nitrogen and oxygen atoms in total.